The molecule has 0 radical (unpaired) electrons. The zero-order valence-corrected chi connectivity index (χ0v) is 46.2. The first kappa shape index (κ1) is 52.9. The minimum atomic E-state index is 0. The summed E-state index contributed by atoms with van der Waals surface area (Å²) in [6.45, 7) is 8.45. The Hall–Kier alpha value is 9.32. The minimum Gasteiger partial charge on any atom is -1.00 e. The number of hydrogen-bond acceptors (Lipinski definition) is 1. The zero-order valence-electron chi connectivity index (χ0n) is 17.7. The third-order valence-corrected chi connectivity index (χ3v) is 1.60. The van der Waals surface area contributed by atoms with Crippen LogP contribution < -0.4 is 349 Å². The van der Waals surface area contributed by atoms with Gasteiger partial charge in [-0.1, -0.05) is 56.8 Å². The molecule has 0 atom stereocenters. The number of rotatable bonds is 1. The molecule has 1 aromatic carbocycles. The molecule has 0 N–H and O–H groups in total. The minimum absolute atomic E-state index is 0. The van der Waals surface area contributed by atoms with Gasteiger partial charge in [0.2, 0.25) is 0 Å². The maximum Gasteiger partial charge on any atom is 1.00 e. The summed E-state index contributed by atoms with van der Waals surface area (Å²) in [7, 11) is 0. The number of fused-ring (bicyclic) bond motifs is 1. The van der Waals surface area contributed by atoms with Gasteiger partial charge in [0.05, 0.1) is 0 Å². The van der Waals surface area contributed by atoms with E-state index in [0.717, 1.165) is 10.9 Å². The summed E-state index contributed by atoms with van der Waals surface area (Å²) in [5.74, 6) is 0. The molecule has 0 saturated heterocycles. The van der Waals surface area contributed by atoms with Crippen LogP contribution in [0.3, 0.4) is 0 Å². The molecule has 0 amide bonds. The number of halogens is 1. The smallest absolute Gasteiger partial charge is 1.00 e. The molecular weight excluding hydrogens is 716 g/mol. The van der Waals surface area contributed by atoms with Gasteiger partial charge in [-0.05, 0) is 0 Å². The van der Waals surface area contributed by atoms with Gasteiger partial charge in [-0.3, -0.25) is 0 Å². The van der Waals surface area contributed by atoms with Crippen molar-refractivity contribution < 1.29 is 355 Å². The SMILES string of the molecule is CC.CC.F[CH-]n1ncc2ccccc21.[CH3-].[H-].[Rb+].[Rb+].[Rb+].[Rb+].[Rb+].[Rb+]. The normalized spacial score (nSPS) is 5.68. The fourth-order valence-corrected chi connectivity index (χ4v) is 1.07. The van der Waals surface area contributed by atoms with E-state index in [1.807, 2.05) is 52.0 Å². The van der Waals surface area contributed by atoms with E-state index in [0.29, 0.717) is 6.80 Å². The Kier molecular flexibility index (Phi) is 97.8. The number of hydrogen-bond donors (Lipinski definition) is 0. The van der Waals surface area contributed by atoms with Crippen LogP contribution in [0.5, 0.6) is 0 Å². The molecule has 0 spiro atoms. The summed E-state index contributed by atoms with van der Waals surface area (Å²) in [5, 5.41) is 4.75. The monoisotopic (exact) mass is 735 g/mol. The van der Waals surface area contributed by atoms with Crippen molar-refractivity contribution >= 4 is 10.9 Å². The van der Waals surface area contributed by atoms with Crippen molar-refractivity contribution in [3.05, 3.63) is 44.7 Å². The number of benzene rings is 1. The molecular formula is C13H22FN2Rb6+3. The molecule has 22 heavy (non-hydrogen) atoms. The molecule has 0 unspecified atom stereocenters. The van der Waals surface area contributed by atoms with Gasteiger partial charge in [-0.15, -0.1) is 6.07 Å². The van der Waals surface area contributed by atoms with Crippen LogP contribution in [0, 0.1) is 14.2 Å². The second kappa shape index (κ2) is 40.7. The van der Waals surface area contributed by atoms with Gasteiger partial charge >= 0.3 is 349 Å². The van der Waals surface area contributed by atoms with Gasteiger partial charge in [0.25, 0.3) is 0 Å². The standard InChI is InChI=1S/C8H6FN2.2C2H6.CH3.6Rb.H/c9-6-11-8-4-2-1-3-7(8)5-10-11;2*1-2;;;;;;;;/h1-6H;2*1-2H3;1H3;;;;;;;/q-1;;;-1;6*+1;-1. The van der Waals surface area contributed by atoms with Crippen molar-refractivity contribution in [3.8, 4) is 0 Å². The molecule has 0 fully saturated rings. The summed E-state index contributed by atoms with van der Waals surface area (Å²) in [6.07, 6.45) is 1.63. The van der Waals surface area contributed by atoms with Gasteiger partial charge in [-0.2, -0.15) is 0 Å². The predicted octanol–water partition coefficient (Wildman–Crippen LogP) is -13.4. The Morgan fingerprint density at radius 1 is 0.909 bits per heavy atom. The van der Waals surface area contributed by atoms with E-state index >= 15 is 0 Å². The molecule has 1 aromatic heterocycles. The van der Waals surface area contributed by atoms with Crippen LogP contribution in [-0.4, -0.2) is 9.78 Å². The van der Waals surface area contributed by atoms with Crippen molar-refractivity contribution in [1.82, 2.24) is 9.78 Å². The Balaban J connectivity index is -0.0000000219. The predicted molar refractivity (Wildman–Crippen MR) is 70.8 cm³/mol. The number of para-hydroxylation sites is 1. The van der Waals surface area contributed by atoms with Gasteiger partial charge in [0, 0.05) is 13.0 Å². The van der Waals surface area contributed by atoms with E-state index in [1.165, 1.54) is 4.68 Å². The third-order valence-electron chi connectivity index (χ3n) is 1.60. The molecule has 2 aromatic rings. The molecule has 94 valence electrons. The van der Waals surface area contributed by atoms with E-state index < -0.39 is 0 Å². The van der Waals surface area contributed by atoms with Gasteiger partial charge in [0.1, 0.15) is 0 Å². The topological polar surface area (TPSA) is 17.8 Å². The van der Waals surface area contributed by atoms with Gasteiger partial charge in [-0.25, -0.2) is 5.10 Å². The molecule has 0 aliphatic rings. The summed E-state index contributed by atoms with van der Waals surface area (Å²) < 4.78 is 13.3. The summed E-state index contributed by atoms with van der Waals surface area (Å²) in [4.78, 5) is 0. The largest absolute Gasteiger partial charge is 1.00 e. The third kappa shape index (κ3) is 24.0. The molecule has 9 heteroatoms. The van der Waals surface area contributed by atoms with E-state index in [9.17, 15) is 4.39 Å². The van der Waals surface area contributed by atoms with E-state index in [1.54, 1.807) is 6.20 Å². The summed E-state index contributed by atoms with van der Waals surface area (Å²) >= 11 is 0. The van der Waals surface area contributed by atoms with Crippen LogP contribution in [0.2, 0.25) is 0 Å². The zero-order chi connectivity index (χ0) is 11.7. The van der Waals surface area contributed by atoms with Crippen molar-refractivity contribution in [2.45, 2.75) is 27.7 Å². The van der Waals surface area contributed by atoms with E-state index in [-0.39, 0.29) is 358 Å². The van der Waals surface area contributed by atoms with Crippen molar-refractivity contribution in [3.63, 3.8) is 0 Å². The fraction of sp³-hybridized carbons (Fsp3) is 0.308. The molecule has 2 rings (SSSR count). The molecule has 0 aliphatic carbocycles. The van der Waals surface area contributed by atoms with Crippen LogP contribution in [0.1, 0.15) is 29.1 Å². The number of nitrogens with zero attached hydrogens (tertiary/aromatic N) is 2. The van der Waals surface area contributed by atoms with Crippen LogP contribution in [0.25, 0.3) is 10.9 Å². The Morgan fingerprint density at radius 3 is 1.73 bits per heavy atom. The Labute approximate surface area is 431 Å². The first-order valence-corrected chi connectivity index (χ1v) is 5.27. The molecule has 0 bridgehead atoms. The van der Waals surface area contributed by atoms with Crippen LogP contribution in [0.15, 0.2) is 30.5 Å². The maximum absolute atomic E-state index is 12.1. The fourth-order valence-electron chi connectivity index (χ4n) is 1.07. The van der Waals surface area contributed by atoms with Crippen molar-refractivity contribution in [1.29, 1.82) is 0 Å². The Bertz CT molecular complexity index is 393. The molecule has 1 heterocycles. The summed E-state index contributed by atoms with van der Waals surface area (Å²) in [6, 6.07) is 7.46. The van der Waals surface area contributed by atoms with Crippen molar-refractivity contribution in [2.24, 2.45) is 0 Å². The Morgan fingerprint density at radius 2 is 1.32 bits per heavy atom. The molecule has 2 nitrogen and oxygen atoms in total. The quantitative estimate of drug-likeness (QED) is 0.267. The second-order valence-corrected chi connectivity index (χ2v) is 2.25. The average Bonchev–Trinajstić information content (AvgIpc) is 2.77. The average molecular weight is 738 g/mol. The van der Waals surface area contributed by atoms with Crippen LogP contribution in [-0.2, 0) is 0 Å². The maximum atomic E-state index is 12.1. The van der Waals surface area contributed by atoms with Crippen molar-refractivity contribution in [2.75, 3.05) is 0 Å². The summed E-state index contributed by atoms with van der Waals surface area (Å²) in [5.41, 5.74) is 0.787. The first-order valence-electron chi connectivity index (χ1n) is 5.27. The number of aromatic nitrogens is 2. The van der Waals surface area contributed by atoms with Gasteiger partial charge in [0.15, 0.2) is 0 Å². The first-order chi connectivity index (χ1) is 7.42. The van der Waals surface area contributed by atoms with Crippen LogP contribution >= 0.6 is 0 Å². The van der Waals surface area contributed by atoms with Crippen LogP contribution in [0.4, 0.5) is 4.39 Å². The molecule has 0 saturated carbocycles. The molecule has 0 aliphatic heterocycles. The van der Waals surface area contributed by atoms with Gasteiger partial charge < -0.3 is 17.9 Å². The van der Waals surface area contributed by atoms with E-state index in [4.69, 9.17) is 0 Å². The van der Waals surface area contributed by atoms with E-state index in [2.05, 4.69) is 5.10 Å². The second-order valence-electron chi connectivity index (χ2n) is 2.25.